The van der Waals surface area contributed by atoms with Gasteiger partial charge < -0.3 is 45.2 Å². The first-order chi connectivity index (χ1) is 20.1. The molecule has 43 heavy (non-hydrogen) atoms. The zero-order chi connectivity index (χ0) is 31.5. The SMILES string of the molecule is CC(C)C(=CCOC1OCC(O)C(O)C1O)CCC(C)C1CC(O)C2C1(C)CCC1C3(C)CCC(O)CC3C(O)CC12O. The molecule has 0 aromatic rings. The highest BCUT2D eigenvalue weighted by Gasteiger charge is 2.70. The number of allylic oxidation sites excluding steroid dienone is 1. The summed E-state index contributed by atoms with van der Waals surface area (Å²) >= 11 is 0. The Labute approximate surface area is 257 Å². The average Bonchev–Trinajstić information content (AvgIpc) is 3.22. The highest BCUT2D eigenvalue weighted by molar-refractivity contribution is 5.20. The van der Waals surface area contributed by atoms with Gasteiger partial charge in [-0.1, -0.05) is 46.3 Å². The Bertz CT molecular complexity index is 1000. The molecule has 5 aliphatic rings. The van der Waals surface area contributed by atoms with E-state index in [0.29, 0.717) is 31.1 Å². The van der Waals surface area contributed by atoms with Crippen molar-refractivity contribution in [1.29, 1.82) is 0 Å². The van der Waals surface area contributed by atoms with E-state index >= 15 is 0 Å². The molecule has 7 N–H and O–H groups in total. The van der Waals surface area contributed by atoms with Crippen molar-refractivity contribution in [3.8, 4) is 0 Å². The minimum Gasteiger partial charge on any atom is -0.393 e. The van der Waals surface area contributed by atoms with Gasteiger partial charge in [0.15, 0.2) is 6.29 Å². The van der Waals surface area contributed by atoms with Crippen LogP contribution in [0.3, 0.4) is 0 Å². The number of hydrogen-bond acceptors (Lipinski definition) is 9. The second-order valence-corrected chi connectivity index (χ2v) is 15.8. The van der Waals surface area contributed by atoms with E-state index in [1.54, 1.807) is 0 Å². The first-order valence-electron chi connectivity index (χ1n) is 16.9. The third-order valence-corrected chi connectivity index (χ3v) is 13.1. The predicted molar refractivity (Wildman–Crippen MR) is 160 cm³/mol. The van der Waals surface area contributed by atoms with E-state index in [0.717, 1.165) is 32.1 Å². The van der Waals surface area contributed by atoms with Gasteiger partial charge in [0.1, 0.15) is 18.3 Å². The van der Waals surface area contributed by atoms with Crippen molar-refractivity contribution in [1.82, 2.24) is 0 Å². The van der Waals surface area contributed by atoms with E-state index in [1.165, 1.54) is 5.57 Å². The van der Waals surface area contributed by atoms with Crippen molar-refractivity contribution in [2.24, 2.45) is 46.3 Å². The molecule has 1 aliphatic heterocycles. The Balaban J connectivity index is 1.25. The fraction of sp³-hybridized carbons (Fsp3) is 0.941. The van der Waals surface area contributed by atoms with Gasteiger partial charge in [-0.2, -0.15) is 0 Å². The van der Waals surface area contributed by atoms with Crippen LogP contribution < -0.4 is 0 Å². The summed E-state index contributed by atoms with van der Waals surface area (Å²) < 4.78 is 11.1. The van der Waals surface area contributed by atoms with E-state index in [-0.39, 0.29) is 60.2 Å². The smallest absolute Gasteiger partial charge is 0.186 e. The minimum atomic E-state index is -1.31. The standard InChI is InChI=1S/C34H58O9/c1-18(2)20(10-13-42-31-29(40)28(39)26(38)17-43-31)7-6-19(3)22-15-24(36)30-33(22,5)12-9-27-32(4)11-8-21(35)14-23(32)25(37)16-34(27,30)41/h10,18-19,21-31,35-41H,6-9,11-17H2,1-5H3. The van der Waals surface area contributed by atoms with Crippen LogP contribution in [0.15, 0.2) is 11.6 Å². The molecule has 5 rings (SSSR count). The number of ether oxygens (including phenoxy) is 2. The largest absolute Gasteiger partial charge is 0.393 e. The van der Waals surface area contributed by atoms with E-state index in [2.05, 4.69) is 34.6 Å². The van der Waals surface area contributed by atoms with E-state index in [1.807, 2.05) is 6.08 Å². The molecule has 248 valence electrons. The van der Waals surface area contributed by atoms with Crippen LogP contribution in [0.25, 0.3) is 0 Å². The molecule has 4 saturated carbocycles. The fourth-order valence-electron chi connectivity index (χ4n) is 10.8. The van der Waals surface area contributed by atoms with Crippen molar-refractivity contribution in [2.75, 3.05) is 13.2 Å². The Morgan fingerprint density at radius 2 is 1.60 bits per heavy atom. The lowest BCUT2D eigenvalue weighted by Crippen LogP contribution is -2.68. The maximum atomic E-state index is 12.5. The van der Waals surface area contributed by atoms with Gasteiger partial charge in [0.25, 0.3) is 0 Å². The molecule has 5 fully saturated rings. The summed E-state index contributed by atoms with van der Waals surface area (Å²) in [6, 6.07) is 0. The Hall–Kier alpha value is -0.620. The van der Waals surface area contributed by atoms with Gasteiger partial charge in [-0.15, -0.1) is 0 Å². The molecule has 4 aliphatic carbocycles. The first kappa shape index (κ1) is 33.7. The van der Waals surface area contributed by atoms with Gasteiger partial charge in [-0.05, 0) is 91.8 Å². The van der Waals surface area contributed by atoms with Gasteiger partial charge in [0, 0.05) is 12.3 Å². The topological polar surface area (TPSA) is 160 Å². The third-order valence-electron chi connectivity index (χ3n) is 13.1. The number of rotatable bonds is 8. The monoisotopic (exact) mass is 610 g/mol. The molecular weight excluding hydrogens is 552 g/mol. The van der Waals surface area contributed by atoms with Crippen molar-refractivity contribution < 1.29 is 45.2 Å². The number of fused-ring (bicyclic) bond motifs is 5. The zero-order valence-corrected chi connectivity index (χ0v) is 26.8. The molecule has 1 heterocycles. The number of aliphatic hydroxyl groups is 7. The maximum Gasteiger partial charge on any atom is 0.186 e. The van der Waals surface area contributed by atoms with Crippen LogP contribution in [0.2, 0.25) is 0 Å². The number of aliphatic hydroxyl groups excluding tert-OH is 6. The normalized spacial score (nSPS) is 51.1. The van der Waals surface area contributed by atoms with E-state index in [4.69, 9.17) is 9.47 Å². The molecule has 15 unspecified atom stereocenters. The molecule has 0 aromatic carbocycles. The molecule has 0 spiro atoms. The van der Waals surface area contributed by atoms with Gasteiger partial charge in [0.2, 0.25) is 0 Å². The van der Waals surface area contributed by atoms with Crippen LogP contribution in [-0.2, 0) is 9.47 Å². The summed E-state index contributed by atoms with van der Waals surface area (Å²) in [7, 11) is 0. The van der Waals surface area contributed by atoms with Gasteiger partial charge in [-0.3, -0.25) is 0 Å². The fourth-order valence-corrected chi connectivity index (χ4v) is 10.8. The van der Waals surface area contributed by atoms with Gasteiger partial charge in [-0.25, -0.2) is 0 Å². The predicted octanol–water partition coefficient (Wildman–Crippen LogP) is 2.52. The van der Waals surface area contributed by atoms with Crippen LogP contribution in [0, 0.1) is 46.3 Å². The van der Waals surface area contributed by atoms with Crippen molar-refractivity contribution in [2.45, 2.75) is 141 Å². The molecule has 9 nitrogen and oxygen atoms in total. The van der Waals surface area contributed by atoms with Gasteiger partial charge in [0.05, 0.1) is 37.1 Å². The van der Waals surface area contributed by atoms with Gasteiger partial charge >= 0.3 is 0 Å². The van der Waals surface area contributed by atoms with E-state index in [9.17, 15) is 35.7 Å². The lowest BCUT2D eigenvalue weighted by molar-refractivity contribution is -0.266. The van der Waals surface area contributed by atoms with Crippen LogP contribution in [0.4, 0.5) is 0 Å². The van der Waals surface area contributed by atoms with Crippen LogP contribution in [0.1, 0.15) is 92.4 Å². The highest BCUT2D eigenvalue weighted by atomic mass is 16.7. The van der Waals surface area contributed by atoms with Crippen molar-refractivity contribution in [3.63, 3.8) is 0 Å². The van der Waals surface area contributed by atoms with E-state index < -0.39 is 42.4 Å². The minimum absolute atomic E-state index is 0.00852. The summed E-state index contributed by atoms with van der Waals surface area (Å²) in [6.45, 7) is 11.2. The molecule has 0 amide bonds. The summed E-state index contributed by atoms with van der Waals surface area (Å²) in [5.74, 6) is 0.560. The summed E-state index contributed by atoms with van der Waals surface area (Å²) in [5, 5.41) is 75.6. The highest BCUT2D eigenvalue weighted by Crippen LogP contribution is 2.69. The molecular formula is C34H58O9. The Morgan fingerprint density at radius 3 is 2.30 bits per heavy atom. The molecule has 0 aromatic heterocycles. The Morgan fingerprint density at radius 1 is 0.907 bits per heavy atom. The quantitative estimate of drug-likeness (QED) is 0.205. The maximum absolute atomic E-state index is 12.5. The average molecular weight is 611 g/mol. The molecule has 0 bridgehead atoms. The molecule has 9 heteroatoms. The summed E-state index contributed by atoms with van der Waals surface area (Å²) in [6.07, 6.45) is 2.24. The summed E-state index contributed by atoms with van der Waals surface area (Å²) in [5.41, 5.74) is -0.365. The van der Waals surface area contributed by atoms with Crippen molar-refractivity contribution in [3.05, 3.63) is 11.6 Å². The molecule has 15 atom stereocenters. The van der Waals surface area contributed by atoms with Crippen LogP contribution in [-0.4, -0.2) is 97.5 Å². The van der Waals surface area contributed by atoms with Crippen LogP contribution >= 0.6 is 0 Å². The zero-order valence-electron chi connectivity index (χ0n) is 26.8. The third kappa shape index (κ3) is 5.89. The lowest BCUT2D eigenvalue weighted by Gasteiger charge is -2.66. The first-order valence-corrected chi connectivity index (χ1v) is 16.9. The lowest BCUT2D eigenvalue weighted by atomic mass is 9.42. The summed E-state index contributed by atoms with van der Waals surface area (Å²) in [4.78, 5) is 0. The second-order valence-electron chi connectivity index (χ2n) is 15.8. The Kier molecular flexibility index (Phi) is 9.83. The second kappa shape index (κ2) is 12.5. The van der Waals surface area contributed by atoms with Crippen LogP contribution in [0.5, 0.6) is 0 Å². The molecule has 0 radical (unpaired) electrons. The molecule has 1 saturated heterocycles. The number of hydrogen-bond donors (Lipinski definition) is 7. The van der Waals surface area contributed by atoms with Crippen molar-refractivity contribution >= 4 is 0 Å².